The van der Waals surface area contributed by atoms with E-state index < -0.39 is 0 Å². The van der Waals surface area contributed by atoms with Gasteiger partial charge in [-0.2, -0.15) is 0 Å². The van der Waals surface area contributed by atoms with Gasteiger partial charge in [0.05, 0.1) is 5.25 Å². The smallest absolute Gasteiger partial charge is 0.237 e. The third kappa shape index (κ3) is 3.92. The predicted molar refractivity (Wildman–Crippen MR) is 79.4 cm³/mol. The number of anilines is 1. The van der Waals surface area contributed by atoms with E-state index in [0.29, 0.717) is 10.3 Å². The molecule has 1 atom stereocenters. The molecule has 0 spiro atoms. The topological polar surface area (TPSA) is 29.1 Å². The molecule has 1 aliphatic rings. The summed E-state index contributed by atoms with van der Waals surface area (Å²) in [7, 11) is 0. The van der Waals surface area contributed by atoms with Gasteiger partial charge in [-0.25, -0.2) is 0 Å². The van der Waals surface area contributed by atoms with Crippen LogP contribution in [0.3, 0.4) is 0 Å². The van der Waals surface area contributed by atoms with Crippen LogP contribution in [0, 0.1) is 0 Å². The Morgan fingerprint density at radius 1 is 1.33 bits per heavy atom. The Morgan fingerprint density at radius 3 is 2.56 bits per heavy atom. The lowest BCUT2D eigenvalue weighted by Gasteiger charge is -2.16. The maximum atomic E-state index is 12.0. The lowest BCUT2D eigenvalue weighted by Crippen LogP contribution is -2.24. The number of thioether (sulfide) groups is 1. The summed E-state index contributed by atoms with van der Waals surface area (Å²) in [5.41, 5.74) is 0.809. The van der Waals surface area contributed by atoms with Crippen LogP contribution in [-0.2, 0) is 4.79 Å². The van der Waals surface area contributed by atoms with Gasteiger partial charge in [0, 0.05) is 16.0 Å². The van der Waals surface area contributed by atoms with E-state index in [1.54, 1.807) is 23.9 Å². The van der Waals surface area contributed by atoms with Gasteiger partial charge < -0.3 is 5.32 Å². The van der Waals surface area contributed by atoms with Gasteiger partial charge in [-0.05, 0) is 44.0 Å². The molecule has 0 heterocycles. The van der Waals surface area contributed by atoms with Gasteiger partial charge in [0.2, 0.25) is 5.91 Å². The molecule has 2 rings (SSSR count). The maximum absolute atomic E-state index is 12.0. The third-order valence-corrected chi connectivity index (χ3v) is 4.91. The van der Waals surface area contributed by atoms with E-state index in [2.05, 4.69) is 5.32 Å². The SMILES string of the molecule is CC(SC1CCCC1)C(=O)Nc1ccc(Cl)cc1. The summed E-state index contributed by atoms with van der Waals surface area (Å²) in [6.07, 6.45) is 5.12. The van der Waals surface area contributed by atoms with E-state index in [9.17, 15) is 4.79 Å². The first-order valence-corrected chi connectivity index (χ1v) is 7.69. The highest BCUT2D eigenvalue weighted by Crippen LogP contribution is 2.32. The van der Waals surface area contributed by atoms with Gasteiger partial charge in [0.1, 0.15) is 0 Å². The van der Waals surface area contributed by atoms with Crippen LogP contribution in [0.25, 0.3) is 0 Å². The number of carbonyl (C=O) groups excluding carboxylic acids is 1. The molecule has 4 heteroatoms. The second-order valence-corrected chi connectivity index (χ2v) is 6.76. The summed E-state index contributed by atoms with van der Waals surface area (Å²) < 4.78 is 0. The van der Waals surface area contributed by atoms with Crippen LogP contribution in [0.5, 0.6) is 0 Å². The van der Waals surface area contributed by atoms with Crippen molar-refractivity contribution in [2.45, 2.75) is 43.1 Å². The molecule has 1 amide bonds. The van der Waals surface area contributed by atoms with Crippen molar-refractivity contribution >= 4 is 35.0 Å². The average Bonchev–Trinajstić information content (AvgIpc) is 2.85. The number of nitrogens with one attached hydrogen (secondary N) is 1. The first kappa shape index (κ1) is 13.8. The summed E-state index contributed by atoms with van der Waals surface area (Å²) in [5.74, 6) is 0.0780. The normalized spacial score (nSPS) is 17.7. The summed E-state index contributed by atoms with van der Waals surface area (Å²) in [6, 6.07) is 7.22. The highest BCUT2D eigenvalue weighted by molar-refractivity contribution is 8.01. The van der Waals surface area contributed by atoms with E-state index in [4.69, 9.17) is 11.6 Å². The van der Waals surface area contributed by atoms with Crippen LogP contribution < -0.4 is 5.32 Å². The molecule has 0 aliphatic heterocycles. The number of benzene rings is 1. The van der Waals surface area contributed by atoms with Gasteiger partial charge in [-0.3, -0.25) is 4.79 Å². The minimum absolute atomic E-state index is 0.00350. The molecule has 1 aromatic rings. The van der Waals surface area contributed by atoms with E-state index in [1.807, 2.05) is 19.1 Å². The van der Waals surface area contributed by atoms with Crippen molar-refractivity contribution in [2.75, 3.05) is 5.32 Å². The van der Waals surface area contributed by atoms with Gasteiger partial charge in [-0.1, -0.05) is 24.4 Å². The molecule has 0 saturated heterocycles. The molecule has 1 aliphatic carbocycles. The van der Waals surface area contributed by atoms with Crippen LogP contribution in [0.1, 0.15) is 32.6 Å². The van der Waals surface area contributed by atoms with Crippen molar-refractivity contribution in [1.82, 2.24) is 0 Å². The number of hydrogen-bond donors (Lipinski definition) is 1. The summed E-state index contributed by atoms with van der Waals surface area (Å²) in [5, 5.41) is 4.27. The first-order chi connectivity index (χ1) is 8.65. The number of amides is 1. The highest BCUT2D eigenvalue weighted by atomic mass is 35.5. The van der Waals surface area contributed by atoms with Crippen molar-refractivity contribution < 1.29 is 4.79 Å². The molecule has 1 N–H and O–H groups in total. The summed E-state index contributed by atoms with van der Waals surface area (Å²) in [6.45, 7) is 1.98. The van der Waals surface area contributed by atoms with Gasteiger partial charge >= 0.3 is 0 Å². The van der Waals surface area contributed by atoms with Gasteiger partial charge in [0.25, 0.3) is 0 Å². The van der Waals surface area contributed by atoms with Crippen molar-refractivity contribution in [1.29, 1.82) is 0 Å². The number of halogens is 1. The molecular formula is C14H18ClNOS. The molecule has 1 aromatic carbocycles. The highest BCUT2D eigenvalue weighted by Gasteiger charge is 2.22. The third-order valence-electron chi connectivity index (χ3n) is 3.18. The maximum Gasteiger partial charge on any atom is 0.237 e. The molecule has 0 bridgehead atoms. The van der Waals surface area contributed by atoms with Crippen molar-refractivity contribution in [3.63, 3.8) is 0 Å². The molecule has 0 aromatic heterocycles. The van der Waals surface area contributed by atoms with E-state index in [-0.39, 0.29) is 11.2 Å². The zero-order valence-corrected chi connectivity index (χ0v) is 12.1. The largest absolute Gasteiger partial charge is 0.325 e. The Hall–Kier alpha value is -0.670. The Balaban J connectivity index is 1.84. The minimum Gasteiger partial charge on any atom is -0.325 e. The molecule has 0 radical (unpaired) electrons. The fourth-order valence-corrected chi connectivity index (χ4v) is 3.64. The molecule has 1 unspecified atom stereocenters. The lowest BCUT2D eigenvalue weighted by atomic mass is 10.3. The Labute approximate surface area is 117 Å². The van der Waals surface area contributed by atoms with Crippen LogP contribution in [0.4, 0.5) is 5.69 Å². The fourth-order valence-electron chi connectivity index (χ4n) is 2.15. The quantitative estimate of drug-likeness (QED) is 0.890. The number of rotatable bonds is 4. The van der Waals surface area contributed by atoms with Gasteiger partial charge in [0.15, 0.2) is 0 Å². The summed E-state index contributed by atoms with van der Waals surface area (Å²) in [4.78, 5) is 12.0. The van der Waals surface area contributed by atoms with Crippen LogP contribution >= 0.6 is 23.4 Å². The minimum atomic E-state index is 0.00350. The zero-order chi connectivity index (χ0) is 13.0. The zero-order valence-electron chi connectivity index (χ0n) is 10.5. The molecule has 98 valence electrons. The van der Waals surface area contributed by atoms with Crippen molar-refractivity contribution in [2.24, 2.45) is 0 Å². The Morgan fingerprint density at radius 2 is 1.94 bits per heavy atom. The Kier molecular flexibility index (Phi) is 4.95. The van der Waals surface area contributed by atoms with E-state index in [0.717, 1.165) is 5.69 Å². The van der Waals surface area contributed by atoms with Crippen LogP contribution in [-0.4, -0.2) is 16.4 Å². The van der Waals surface area contributed by atoms with Crippen LogP contribution in [0.15, 0.2) is 24.3 Å². The molecular weight excluding hydrogens is 266 g/mol. The fraction of sp³-hybridized carbons (Fsp3) is 0.500. The molecule has 18 heavy (non-hydrogen) atoms. The van der Waals surface area contributed by atoms with E-state index >= 15 is 0 Å². The number of carbonyl (C=O) groups is 1. The monoisotopic (exact) mass is 283 g/mol. The van der Waals surface area contributed by atoms with Crippen LogP contribution in [0.2, 0.25) is 5.02 Å². The average molecular weight is 284 g/mol. The van der Waals surface area contributed by atoms with Gasteiger partial charge in [-0.15, -0.1) is 11.8 Å². The van der Waals surface area contributed by atoms with Crippen molar-refractivity contribution in [3.05, 3.63) is 29.3 Å². The molecule has 2 nitrogen and oxygen atoms in total. The first-order valence-electron chi connectivity index (χ1n) is 6.37. The second-order valence-electron chi connectivity index (χ2n) is 4.68. The molecule has 1 saturated carbocycles. The predicted octanol–water partition coefficient (Wildman–Crippen LogP) is 4.34. The van der Waals surface area contributed by atoms with E-state index in [1.165, 1.54) is 25.7 Å². The lowest BCUT2D eigenvalue weighted by molar-refractivity contribution is -0.115. The Bertz CT molecular complexity index is 401. The second kappa shape index (κ2) is 6.48. The standard InChI is InChI=1S/C14H18ClNOS/c1-10(18-13-4-2-3-5-13)14(17)16-12-8-6-11(15)7-9-12/h6-10,13H,2-5H2,1H3,(H,16,17). The van der Waals surface area contributed by atoms with Crippen molar-refractivity contribution in [3.8, 4) is 0 Å². The summed E-state index contributed by atoms with van der Waals surface area (Å²) >= 11 is 7.61. The molecule has 1 fully saturated rings. The number of hydrogen-bond acceptors (Lipinski definition) is 2.